The Kier molecular flexibility index (Phi) is 2.03. The number of carbonyl (C=O) groups is 1. The number of hydrogen-bond acceptors (Lipinski definition) is 3. The molecule has 2 aromatic heterocycles. The molecule has 0 atom stereocenters. The molecule has 0 aliphatic carbocycles. The number of rotatable bonds is 1. The molecule has 19 heavy (non-hydrogen) atoms. The van der Waals surface area contributed by atoms with E-state index in [9.17, 15) is 4.79 Å². The molecule has 94 valence electrons. The topological polar surface area (TPSA) is 60.1 Å². The number of benzene rings is 1. The molecular weight excluding hydrogens is 242 g/mol. The molecule has 5 heteroatoms. The summed E-state index contributed by atoms with van der Waals surface area (Å²) >= 11 is 0. The first-order valence-corrected chi connectivity index (χ1v) is 6.16. The number of aromatic nitrogens is 2. The third-order valence-corrected chi connectivity index (χ3v) is 3.37. The molecule has 0 bridgehead atoms. The van der Waals surface area contributed by atoms with Gasteiger partial charge in [0, 0.05) is 13.1 Å². The first kappa shape index (κ1) is 10.4. The lowest BCUT2D eigenvalue weighted by Crippen LogP contribution is -2.24. The van der Waals surface area contributed by atoms with Crippen molar-refractivity contribution < 1.29 is 9.21 Å². The van der Waals surface area contributed by atoms with Crippen LogP contribution in [-0.4, -0.2) is 22.0 Å². The number of hydrogen-bond donors (Lipinski definition) is 1. The molecule has 5 nitrogen and oxygen atoms in total. The van der Waals surface area contributed by atoms with Crippen LogP contribution in [-0.2, 0) is 6.54 Å². The second-order valence-electron chi connectivity index (χ2n) is 4.49. The molecule has 1 aliphatic rings. The summed E-state index contributed by atoms with van der Waals surface area (Å²) in [6.07, 6.45) is 1.63. The van der Waals surface area contributed by atoms with Crippen molar-refractivity contribution >= 4 is 16.9 Å². The van der Waals surface area contributed by atoms with Crippen molar-refractivity contribution in [2.45, 2.75) is 6.54 Å². The Morgan fingerprint density at radius 1 is 1.26 bits per heavy atom. The van der Waals surface area contributed by atoms with Gasteiger partial charge in [0.25, 0.3) is 5.91 Å². The zero-order valence-corrected chi connectivity index (χ0v) is 10.1. The first-order chi connectivity index (χ1) is 9.34. The Labute approximate surface area is 108 Å². The van der Waals surface area contributed by atoms with Gasteiger partial charge in [0.1, 0.15) is 0 Å². The second-order valence-corrected chi connectivity index (χ2v) is 4.49. The summed E-state index contributed by atoms with van der Waals surface area (Å²) < 4.78 is 7.48. The van der Waals surface area contributed by atoms with Crippen LogP contribution >= 0.6 is 0 Å². The number of furan rings is 1. The van der Waals surface area contributed by atoms with E-state index in [0.717, 1.165) is 22.6 Å². The number of carbonyl (C=O) groups excluding carboxylic acids is 1. The zero-order chi connectivity index (χ0) is 12.8. The van der Waals surface area contributed by atoms with E-state index in [1.807, 2.05) is 34.9 Å². The Morgan fingerprint density at radius 2 is 2.21 bits per heavy atom. The van der Waals surface area contributed by atoms with E-state index >= 15 is 0 Å². The monoisotopic (exact) mass is 253 g/mol. The van der Waals surface area contributed by atoms with Gasteiger partial charge in [0.2, 0.25) is 0 Å². The molecule has 3 heterocycles. The van der Waals surface area contributed by atoms with E-state index in [4.69, 9.17) is 4.42 Å². The Hall–Kier alpha value is -2.56. The van der Waals surface area contributed by atoms with Gasteiger partial charge in [0.05, 0.1) is 22.9 Å². The van der Waals surface area contributed by atoms with Crippen LogP contribution in [0.3, 0.4) is 0 Å². The first-order valence-electron chi connectivity index (χ1n) is 6.16. The lowest BCUT2D eigenvalue weighted by atomic mass is 10.2. The standard InChI is InChI=1S/C14H11N3O2/c18-14-9-3-1-4-10-12(9)17(7-6-15-14)13(16-10)11-5-2-8-19-11/h1-5,8H,6-7H2,(H,15,18). The second kappa shape index (κ2) is 3.71. The fourth-order valence-electron chi connectivity index (χ4n) is 2.56. The van der Waals surface area contributed by atoms with Crippen LogP contribution in [0.25, 0.3) is 22.6 Å². The largest absolute Gasteiger partial charge is 0.461 e. The van der Waals surface area contributed by atoms with Crippen molar-refractivity contribution in [3.05, 3.63) is 42.2 Å². The predicted octanol–water partition coefficient (Wildman–Crippen LogP) is 2.04. The summed E-state index contributed by atoms with van der Waals surface area (Å²) in [4.78, 5) is 16.6. The molecule has 0 saturated heterocycles. The number of nitrogens with zero attached hydrogens (tertiary/aromatic N) is 2. The van der Waals surface area contributed by atoms with Crippen LogP contribution in [0.4, 0.5) is 0 Å². The lowest BCUT2D eigenvalue weighted by Gasteiger charge is -2.04. The van der Waals surface area contributed by atoms with Gasteiger partial charge in [-0.3, -0.25) is 4.79 Å². The van der Waals surface area contributed by atoms with Gasteiger partial charge >= 0.3 is 0 Å². The van der Waals surface area contributed by atoms with E-state index in [1.165, 1.54) is 0 Å². The van der Waals surface area contributed by atoms with Gasteiger partial charge < -0.3 is 14.3 Å². The van der Waals surface area contributed by atoms with Crippen molar-refractivity contribution in [3.8, 4) is 11.6 Å². The van der Waals surface area contributed by atoms with E-state index in [-0.39, 0.29) is 5.91 Å². The van der Waals surface area contributed by atoms with Gasteiger partial charge in [0.15, 0.2) is 11.6 Å². The number of para-hydroxylation sites is 1. The van der Waals surface area contributed by atoms with Crippen molar-refractivity contribution in [2.24, 2.45) is 0 Å². The highest BCUT2D eigenvalue weighted by Crippen LogP contribution is 2.28. The summed E-state index contributed by atoms with van der Waals surface area (Å²) in [7, 11) is 0. The Balaban J connectivity index is 2.10. The van der Waals surface area contributed by atoms with Crippen LogP contribution < -0.4 is 5.32 Å². The molecule has 1 amide bonds. The minimum absolute atomic E-state index is 0.0461. The van der Waals surface area contributed by atoms with Gasteiger partial charge in [-0.15, -0.1) is 0 Å². The van der Waals surface area contributed by atoms with Crippen molar-refractivity contribution in [3.63, 3.8) is 0 Å². The molecule has 1 aromatic carbocycles. The molecule has 4 rings (SSSR count). The van der Waals surface area contributed by atoms with Crippen LogP contribution in [0, 0.1) is 0 Å². The van der Waals surface area contributed by atoms with Crippen LogP contribution in [0.2, 0.25) is 0 Å². The summed E-state index contributed by atoms with van der Waals surface area (Å²) in [6.45, 7) is 1.28. The normalized spacial score (nSPS) is 14.4. The molecule has 1 aliphatic heterocycles. The third-order valence-electron chi connectivity index (χ3n) is 3.37. The number of amides is 1. The molecule has 0 saturated carbocycles. The summed E-state index contributed by atoms with van der Waals surface area (Å²) in [5.74, 6) is 1.44. The minimum atomic E-state index is -0.0461. The highest BCUT2D eigenvalue weighted by atomic mass is 16.3. The van der Waals surface area contributed by atoms with E-state index < -0.39 is 0 Å². The zero-order valence-electron chi connectivity index (χ0n) is 10.1. The van der Waals surface area contributed by atoms with E-state index in [0.29, 0.717) is 18.7 Å². The average molecular weight is 253 g/mol. The van der Waals surface area contributed by atoms with Gasteiger partial charge in [-0.1, -0.05) is 6.07 Å². The SMILES string of the molecule is O=C1NCCn2c(-c3ccco3)nc3cccc1c32. The quantitative estimate of drug-likeness (QED) is 0.722. The molecule has 0 unspecified atom stereocenters. The lowest BCUT2D eigenvalue weighted by molar-refractivity contribution is 0.0956. The fraction of sp³-hybridized carbons (Fsp3) is 0.143. The van der Waals surface area contributed by atoms with Gasteiger partial charge in [-0.25, -0.2) is 4.98 Å². The summed E-state index contributed by atoms with van der Waals surface area (Å²) in [5, 5.41) is 2.89. The van der Waals surface area contributed by atoms with Crippen LogP contribution in [0.15, 0.2) is 41.0 Å². The third kappa shape index (κ3) is 1.41. The van der Waals surface area contributed by atoms with Crippen LogP contribution in [0.1, 0.15) is 10.4 Å². The molecule has 3 aromatic rings. The van der Waals surface area contributed by atoms with E-state index in [2.05, 4.69) is 10.3 Å². The van der Waals surface area contributed by atoms with Crippen LogP contribution in [0.5, 0.6) is 0 Å². The molecule has 0 spiro atoms. The fourth-order valence-corrected chi connectivity index (χ4v) is 2.56. The maximum atomic E-state index is 12.0. The van der Waals surface area contributed by atoms with Gasteiger partial charge in [-0.05, 0) is 24.3 Å². The van der Waals surface area contributed by atoms with Gasteiger partial charge in [-0.2, -0.15) is 0 Å². The smallest absolute Gasteiger partial charge is 0.253 e. The Morgan fingerprint density at radius 3 is 3.05 bits per heavy atom. The minimum Gasteiger partial charge on any atom is -0.461 e. The van der Waals surface area contributed by atoms with Crippen molar-refractivity contribution in [1.82, 2.24) is 14.9 Å². The average Bonchev–Trinajstić information content (AvgIpc) is 3.01. The summed E-state index contributed by atoms with van der Waals surface area (Å²) in [5.41, 5.74) is 2.37. The summed E-state index contributed by atoms with van der Waals surface area (Å²) in [6, 6.07) is 9.31. The number of imidazole rings is 1. The molecular formula is C14H11N3O2. The maximum Gasteiger partial charge on any atom is 0.253 e. The van der Waals surface area contributed by atoms with Crippen molar-refractivity contribution in [1.29, 1.82) is 0 Å². The maximum absolute atomic E-state index is 12.0. The highest BCUT2D eigenvalue weighted by Gasteiger charge is 2.22. The number of nitrogens with one attached hydrogen (secondary N) is 1. The molecule has 0 fully saturated rings. The van der Waals surface area contributed by atoms with E-state index in [1.54, 1.807) is 6.26 Å². The molecule has 1 N–H and O–H groups in total. The Bertz CT molecular complexity index is 771. The van der Waals surface area contributed by atoms with Crippen molar-refractivity contribution in [2.75, 3.05) is 6.54 Å². The predicted molar refractivity (Wildman–Crippen MR) is 69.8 cm³/mol. The highest BCUT2D eigenvalue weighted by molar-refractivity contribution is 6.06. The molecule has 0 radical (unpaired) electrons.